The monoisotopic (exact) mass is 327 g/mol. The van der Waals surface area contributed by atoms with E-state index in [9.17, 15) is 4.79 Å². The molecular formula is C21H29NO2. The van der Waals surface area contributed by atoms with Gasteiger partial charge in [0.15, 0.2) is 0 Å². The maximum absolute atomic E-state index is 13.0. The van der Waals surface area contributed by atoms with Gasteiger partial charge < -0.3 is 10.1 Å². The van der Waals surface area contributed by atoms with Gasteiger partial charge >= 0.3 is 0 Å². The van der Waals surface area contributed by atoms with Gasteiger partial charge in [0.1, 0.15) is 5.75 Å². The number of amides is 1. The maximum Gasteiger partial charge on any atom is 0.230 e. The first-order chi connectivity index (χ1) is 11.6. The molecule has 3 nitrogen and oxygen atoms in total. The molecule has 0 aliphatic heterocycles. The van der Waals surface area contributed by atoms with Crippen molar-refractivity contribution in [1.82, 2.24) is 0 Å². The molecule has 4 fully saturated rings. The van der Waals surface area contributed by atoms with E-state index in [1.807, 2.05) is 24.3 Å². The first-order valence-corrected chi connectivity index (χ1v) is 9.64. The van der Waals surface area contributed by atoms with Gasteiger partial charge in [0, 0.05) is 5.69 Å². The highest BCUT2D eigenvalue weighted by atomic mass is 16.5. The Bertz CT molecular complexity index is 571. The molecule has 4 aliphatic rings. The third kappa shape index (κ3) is 2.94. The van der Waals surface area contributed by atoms with Crippen LogP contribution < -0.4 is 10.1 Å². The minimum Gasteiger partial charge on any atom is -0.491 e. The van der Waals surface area contributed by atoms with Gasteiger partial charge in [-0.3, -0.25) is 4.79 Å². The predicted molar refractivity (Wildman–Crippen MR) is 96.1 cm³/mol. The molecule has 1 aromatic carbocycles. The Morgan fingerprint density at radius 2 is 1.67 bits per heavy atom. The standard InChI is InChI=1S/C21H29NO2/c1-3-14(2)24-19-6-4-18(5-7-19)22-20(23)21-11-15-8-16(12-21)10-17(9-15)13-21/h4-7,14-17H,3,8-13H2,1-2H3,(H,22,23). The number of hydrogen-bond acceptors (Lipinski definition) is 2. The molecule has 3 heteroatoms. The summed E-state index contributed by atoms with van der Waals surface area (Å²) in [5.74, 6) is 3.53. The lowest BCUT2D eigenvalue weighted by atomic mass is 9.49. The summed E-state index contributed by atoms with van der Waals surface area (Å²) in [4.78, 5) is 13.0. The zero-order valence-electron chi connectivity index (χ0n) is 14.9. The predicted octanol–water partition coefficient (Wildman–Crippen LogP) is 5.02. The molecule has 1 amide bonds. The van der Waals surface area contributed by atoms with E-state index in [1.165, 1.54) is 19.3 Å². The summed E-state index contributed by atoms with van der Waals surface area (Å²) in [5.41, 5.74) is 0.813. The van der Waals surface area contributed by atoms with Crippen LogP contribution in [-0.4, -0.2) is 12.0 Å². The zero-order valence-corrected chi connectivity index (χ0v) is 14.9. The highest BCUT2D eigenvalue weighted by Gasteiger charge is 2.54. The Balaban J connectivity index is 1.43. The molecule has 0 radical (unpaired) electrons. The smallest absolute Gasteiger partial charge is 0.230 e. The molecule has 5 rings (SSSR count). The number of rotatable bonds is 5. The van der Waals surface area contributed by atoms with E-state index in [2.05, 4.69) is 19.2 Å². The van der Waals surface area contributed by atoms with Gasteiger partial charge in [0.05, 0.1) is 11.5 Å². The second kappa shape index (κ2) is 6.09. The fourth-order valence-electron chi connectivity index (χ4n) is 5.58. The number of benzene rings is 1. The first kappa shape index (κ1) is 16.0. The van der Waals surface area contributed by atoms with E-state index in [4.69, 9.17) is 4.74 Å². The summed E-state index contributed by atoms with van der Waals surface area (Å²) in [7, 11) is 0. The summed E-state index contributed by atoms with van der Waals surface area (Å²) in [6.07, 6.45) is 8.65. The van der Waals surface area contributed by atoms with Crippen molar-refractivity contribution in [2.24, 2.45) is 23.2 Å². The molecule has 1 atom stereocenters. The summed E-state index contributed by atoms with van der Waals surface area (Å²) in [6, 6.07) is 7.86. The molecule has 24 heavy (non-hydrogen) atoms. The molecule has 0 spiro atoms. The van der Waals surface area contributed by atoms with E-state index in [0.29, 0.717) is 0 Å². The molecule has 4 aliphatic carbocycles. The SMILES string of the molecule is CCC(C)Oc1ccc(NC(=O)C23CC4CC(CC(C4)C2)C3)cc1. The Hall–Kier alpha value is -1.51. The average Bonchev–Trinajstić information content (AvgIpc) is 2.55. The highest BCUT2D eigenvalue weighted by Crippen LogP contribution is 2.60. The van der Waals surface area contributed by atoms with Crippen molar-refractivity contribution in [3.63, 3.8) is 0 Å². The molecule has 1 N–H and O–H groups in total. The van der Waals surface area contributed by atoms with Gasteiger partial charge in [-0.1, -0.05) is 6.92 Å². The molecular weight excluding hydrogens is 298 g/mol. The van der Waals surface area contributed by atoms with Crippen LogP contribution in [0.3, 0.4) is 0 Å². The van der Waals surface area contributed by atoms with Crippen molar-refractivity contribution in [1.29, 1.82) is 0 Å². The lowest BCUT2D eigenvalue weighted by Crippen LogP contribution is -2.51. The number of ether oxygens (including phenoxy) is 1. The quantitative estimate of drug-likeness (QED) is 0.824. The summed E-state index contributed by atoms with van der Waals surface area (Å²) < 4.78 is 5.81. The fraction of sp³-hybridized carbons (Fsp3) is 0.667. The fourth-order valence-corrected chi connectivity index (χ4v) is 5.58. The molecule has 4 bridgehead atoms. The minimum absolute atomic E-state index is 0.0827. The third-order valence-corrected chi connectivity index (χ3v) is 6.54. The Labute approximate surface area is 145 Å². The van der Waals surface area contributed by atoms with Crippen molar-refractivity contribution in [3.05, 3.63) is 24.3 Å². The summed E-state index contributed by atoms with van der Waals surface area (Å²) in [5, 5.41) is 3.20. The van der Waals surface area contributed by atoms with Gasteiger partial charge in [-0.25, -0.2) is 0 Å². The average molecular weight is 327 g/mol. The van der Waals surface area contributed by atoms with E-state index < -0.39 is 0 Å². The Morgan fingerprint density at radius 3 is 2.17 bits per heavy atom. The molecule has 4 saturated carbocycles. The van der Waals surface area contributed by atoms with Crippen LogP contribution in [0.4, 0.5) is 5.69 Å². The Morgan fingerprint density at radius 1 is 1.12 bits per heavy atom. The lowest BCUT2D eigenvalue weighted by molar-refractivity contribution is -0.140. The number of anilines is 1. The van der Waals surface area contributed by atoms with Crippen molar-refractivity contribution in [2.45, 2.75) is 64.9 Å². The van der Waals surface area contributed by atoms with E-state index in [-0.39, 0.29) is 17.4 Å². The second-order valence-electron chi connectivity index (χ2n) is 8.51. The molecule has 130 valence electrons. The van der Waals surface area contributed by atoms with Gasteiger partial charge in [-0.05, 0) is 93.9 Å². The van der Waals surface area contributed by atoms with Crippen LogP contribution >= 0.6 is 0 Å². The van der Waals surface area contributed by atoms with Gasteiger partial charge in [-0.15, -0.1) is 0 Å². The van der Waals surface area contributed by atoms with Crippen LogP contribution in [0.25, 0.3) is 0 Å². The Kier molecular flexibility index (Phi) is 4.06. The second-order valence-corrected chi connectivity index (χ2v) is 8.51. The minimum atomic E-state index is -0.0827. The number of nitrogens with one attached hydrogen (secondary N) is 1. The number of hydrogen-bond donors (Lipinski definition) is 1. The van der Waals surface area contributed by atoms with E-state index in [0.717, 1.165) is 54.9 Å². The molecule has 0 saturated heterocycles. The summed E-state index contributed by atoms with van der Waals surface area (Å²) in [6.45, 7) is 4.19. The normalized spacial score (nSPS) is 34.8. The van der Waals surface area contributed by atoms with Crippen LogP contribution in [-0.2, 0) is 4.79 Å². The van der Waals surface area contributed by atoms with Gasteiger partial charge in [-0.2, -0.15) is 0 Å². The number of carbonyl (C=O) groups excluding carboxylic acids is 1. The van der Waals surface area contributed by atoms with Crippen molar-refractivity contribution in [3.8, 4) is 5.75 Å². The summed E-state index contributed by atoms with van der Waals surface area (Å²) >= 11 is 0. The van der Waals surface area contributed by atoms with Crippen LogP contribution in [0, 0.1) is 23.2 Å². The maximum atomic E-state index is 13.0. The van der Waals surface area contributed by atoms with Crippen molar-refractivity contribution >= 4 is 11.6 Å². The van der Waals surface area contributed by atoms with Crippen LogP contribution in [0.2, 0.25) is 0 Å². The topological polar surface area (TPSA) is 38.3 Å². The molecule has 1 aromatic rings. The van der Waals surface area contributed by atoms with E-state index >= 15 is 0 Å². The van der Waals surface area contributed by atoms with Crippen LogP contribution in [0.15, 0.2) is 24.3 Å². The number of carbonyl (C=O) groups is 1. The van der Waals surface area contributed by atoms with E-state index in [1.54, 1.807) is 0 Å². The molecule has 1 unspecified atom stereocenters. The molecule has 0 aromatic heterocycles. The van der Waals surface area contributed by atoms with Crippen LogP contribution in [0.5, 0.6) is 5.75 Å². The molecule has 0 heterocycles. The first-order valence-electron chi connectivity index (χ1n) is 9.64. The largest absolute Gasteiger partial charge is 0.491 e. The van der Waals surface area contributed by atoms with Gasteiger partial charge in [0.25, 0.3) is 0 Å². The van der Waals surface area contributed by atoms with Crippen molar-refractivity contribution in [2.75, 3.05) is 5.32 Å². The van der Waals surface area contributed by atoms with Gasteiger partial charge in [0.2, 0.25) is 5.91 Å². The lowest BCUT2D eigenvalue weighted by Gasteiger charge is -2.55. The van der Waals surface area contributed by atoms with Crippen molar-refractivity contribution < 1.29 is 9.53 Å². The highest BCUT2D eigenvalue weighted by molar-refractivity contribution is 5.95. The van der Waals surface area contributed by atoms with Crippen LogP contribution in [0.1, 0.15) is 58.8 Å². The third-order valence-electron chi connectivity index (χ3n) is 6.54. The zero-order chi connectivity index (χ0) is 16.7.